The average molecular weight is 576 g/mol. The summed E-state index contributed by atoms with van der Waals surface area (Å²) in [5.41, 5.74) is -1.19. The monoisotopic (exact) mass is 575 g/mol. The number of rotatable bonds is 6. The largest absolute Gasteiger partial charge is 0.443 e. The molecule has 0 unspecified atom stereocenters. The minimum Gasteiger partial charge on any atom is -0.443 e. The van der Waals surface area contributed by atoms with Gasteiger partial charge in [-0.15, -0.1) is 0 Å². The van der Waals surface area contributed by atoms with Gasteiger partial charge in [-0.25, -0.2) is 18.6 Å². The Labute approximate surface area is 233 Å². The summed E-state index contributed by atoms with van der Waals surface area (Å²) >= 11 is 0. The lowest BCUT2D eigenvalue weighted by atomic mass is 9.88. The van der Waals surface area contributed by atoms with Gasteiger partial charge in [0.2, 0.25) is 0 Å². The third-order valence-electron chi connectivity index (χ3n) is 6.77. The lowest BCUT2D eigenvalue weighted by molar-refractivity contribution is -0.104. The lowest BCUT2D eigenvalue weighted by Crippen LogP contribution is -2.42. The number of hydrogen-bond donors (Lipinski definition) is 3. The molecule has 3 aromatic heterocycles. The van der Waals surface area contributed by atoms with Crippen LogP contribution in [-0.2, 0) is 9.47 Å². The van der Waals surface area contributed by atoms with E-state index in [2.05, 4.69) is 20.7 Å². The van der Waals surface area contributed by atoms with Crippen molar-refractivity contribution in [1.82, 2.24) is 24.5 Å². The van der Waals surface area contributed by atoms with Gasteiger partial charge in [-0.3, -0.25) is 14.5 Å². The SMILES string of the molecule is CN(C(=O)OC(C)(C)C)c1cc(Nc2cccn(C3CC(F)(F)C3)c2=O)nc2c(C(=O)N[C@@H]3COC[C@@H]3O)cnn12. The molecule has 5 rings (SSSR count). The number of halogens is 2. The van der Waals surface area contributed by atoms with Gasteiger partial charge in [0.1, 0.15) is 28.5 Å². The van der Waals surface area contributed by atoms with Crippen LogP contribution in [0.15, 0.2) is 35.4 Å². The number of carbonyl (C=O) groups excluding carboxylic acids is 2. The number of pyridine rings is 1. The third kappa shape index (κ3) is 5.86. The molecule has 2 atom stereocenters. The van der Waals surface area contributed by atoms with Gasteiger partial charge in [0, 0.05) is 38.2 Å². The standard InChI is InChI=1S/C26H31F2N7O6/c1-25(2,3)41-24(39)33(4)20-8-19(30-16-6-5-7-34(23(16)38)14-9-26(27,28)10-14)32-21-15(11-29-35(20)21)22(37)31-17-12-40-13-18(17)36/h5-8,11,14,17-18,36H,9-10,12-13H2,1-4H3,(H,30,32)(H,31,37)/t17-,18+/m1/s1. The number of hydrogen-bond acceptors (Lipinski definition) is 9. The molecular weight excluding hydrogens is 544 g/mol. The van der Waals surface area contributed by atoms with E-state index in [0.717, 1.165) is 0 Å². The number of carbonyl (C=O) groups is 2. The van der Waals surface area contributed by atoms with Crippen LogP contribution in [0.5, 0.6) is 0 Å². The molecule has 41 heavy (non-hydrogen) atoms. The molecule has 0 bridgehead atoms. The molecule has 2 amide bonds. The number of nitrogens with zero attached hydrogens (tertiary/aromatic N) is 5. The molecule has 3 N–H and O–H groups in total. The van der Waals surface area contributed by atoms with E-state index < -0.39 is 60.1 Å². The van der Waals surface area contributed by atoms with Gasteiger partial charge < -0.3 is 29.8 Å². The van der Waals surface area contributed by atoms with Crippen molar-refractivity contribution < 1.29 is 33.0 Å². The van der Waals surface area contributed by atoms with Crippen LogP contribution in [0.1, 0.15) is 50.0 Å². The maximum absolute atomic E-state index is 13.5. The smallest absolute Gasteiger partial charge is 0.415 e. The predicted octanol–water partition coefficient (Wildman–Crippen LogP) is 2.47. The summed E-state index contributed by atoms with van der Waals surface area (Å²) < 4.78 is 40.1. The Morgan fingerprint density at radius 3 is 2.63 bits per heavy atom. The van der Waals surface area contributed by atoms with Crippen molar-refractivity contribution in [3.63, 3.8) is 0 Å². The Kier molecular flexibility index (Phi) is 7.19. The highest BCUT2D eigenvalue weighted by molar-refractivity contribution is 6.00. The number of aliphatic hydroxyl groups is 1. The summed E-state index contributed by atoms with van der Waals surface area (Å²) in [5, 5.41) is 19.9. The highest BCUT2D eigenvalue weighted by Gasteiger charge is 2.46. The van der Waals surface area contributed by atoms with E-state index in [4.69, 9.17) is 9.47 Å². The number of alkyl halides is 2. The topological polar surface area (TPSA) is 152 Å². The van der Waals surface area contributed by atoms with Gasteiger partial charge in [-0.05, 0) is 32.9 Å². The Bertz CT molecular complexity index is 1540. The molecule has 1 aliphatic carbocycles. The fourth-order valence-corrected chi connectivity index (χ4v) is 4.62. The lowest BCUT2D eigenvalue weighted by Gasteiger charge is -2.36. The summed E-state index contributed by atoms with van der Waals surface area (Å²) in [6, 6.07) is 3.20. The van der Waals surface area contributed by atoms with E-state index in [-0.39, 0.29) is 41.7 Å². The van der Waals surface area contributed by atoms with Crippen LogP contribution >= 0.6 is 0 Å². The second-order valence-electron chi connectivity index (χ2n) is 11.2. The van der Waals surface area contributed by atoms with Crippen LogP contribution in [0.2, 0.25) is 0 Å². The summed E-state index contributed by atoms with van der Waals surface area (Å²) in [6.45, 7) is 5.35. The summed E-state index contributed by atoms with van der Waals surface area (Å²) in [4.78, 5) is 44.9. The number of fused-ring (bicyclic) bond motifs is 1. The number of anilines is 3. The van der Waals surface area contributed by atoms with Gasteiger partial charge in [-0.1, -0.05) is 0 Å². The van der Waals surface area contributed by atoms with E-state index in [1.54, 1.807) is 26.8 Å². The van der Waals surface area contributed by atoms with Gasteiger partial charge in [0.25, 0.3) is 17.4 Å². The summed E-state index contributed by atoms with van der Waals surface area (Å²) in [6.07, 6.45) is 0.266. The van der Waals surface area contributed by atoms with Crippen LogP contribution in [0.25, 0.3) is 5.65 Å². The molecule has 220 valence electrons. The van der Waals surface area contributed by atoms with Crippen molar-refractivity contribution in [3.05, 3.63) is 46.5 Å². The Morgan fingerprint density at radius 1 is 1.27 bits per heavy atom. The quantitative estimate of drug-likeness (QED) is 0.402. The van der Waals surface area contributed by atoms with Crippen molar-refractivity contribution in [2.45, 2.75) is 63.3 Å². The molecule has 1 aliphatic heterocycles. The molecule has 15 heteroatoms. The Hall–Kier alpha value is -4.11. The first kappa shape index (κ1) is 28.4. The molecular formula is C26H31F2N7O6. The van der Waals surface area contributed by atoms with Gasteiger partial charge in [-0.2, -0.15) is 9.61 Å². The van der Waals surface area contributed by atoms with E-state index in [1.807, 2.05) is 0 Å². The minimum atomic E-state index is -2.80. The van der Waals surface area contributed by atoms with Crippen molar-refractivity contribution in [2.24, 2.45) is 0 Å². The molecule has 0 spiro atoms. The summed E-state index contributed by atoms with van der Waals surface area (Å²) in [5.74, 6) is -3.15. The van der Waals surface area contributed by atoms with Crippen LogP contribution < -0.4 is 21.1 Å². The maximum Gasteiger partial charge on any atom is 0.415 e. The first-order valence-corrected chi connectivity index (χ1v) is 13.0. The third-order valence-corrected chi connectivity index (χ3v) is 6.77. The van der Waals surface area contributed by atoms with Crippen molar-refractivity contribution in [2.75, 3.05) is 30.5 Å². The number of nitrogens with one attached hydrogen (secondary N) is 2. The molecule has 0 radical (unpaired) electrons. The van der Waals surface area contributed by atoms with Crippen LogP contribution in [0, 0.1) is 0 Å². The zero-order valence-electron chi connectivity index (χ0n) is 22.9. The van der Waals surface area contributed by atoms with E-state index >= 15 is 0 Å². The fourth-order valence-electron chi connectivity index (χ4n) is 4.62. The number of ether oxygens (including phenoxy) is 2. The van der Waals surface area contributed by atoms with E-state index in [9.17, 15) is 28.3 Å². The zero-order valence-corrected chi connectivity index (χ0v) is 22.9. The second kappa shape index (κ2) is 10.4. The van der Waals surface area contributed by atoms with Gasteiger partial charge in [0.05, 0.1) is 31.6 Å². The number of amides is 2. The van der Waals surface area contributed by atoms with Crippen molar-refractivity contribution >= 4 is 35.0 Å². The molecule has 4 heterocycles. The highest BCUT2D eigenvalue weighted by Crippen LogP contribution is 2.44. The second-order valence-corrected chi connectivity index (χ2v) is 11.2. The summed E-state index contributed by atoms with van der Waals surface area (Å²) in [7, 11) is 1.45. The van der Waals surface area contributed by atoms with Crippen LogP contribution in [0.3, 0.4) is 0 Å². The van der Waals surface area contributed by atoms with Crippen LogP contribution in [-0.4, -0.2) is 80.2 Å². The van der Waals surface area contributed by atoms with Crippen molar-refractivity contribution in [3.8, 4) is 0 Å². The van der Waals surface area contributed by atoms with Crippen LogP contribution in [0.4, 0.5) is 30.9 Å². The first-order chi connectivity index (χ1) is 19.2. The van der Waals surface area contributed by atoms with E-state index in [0.29, 0.717) is 0 Å². The van der Waals surface area contributed by atoms with Gasteiger partial charge in [0.15, 0.2) is 5.65 Å². The minimum absolute atomic E-state index is 0.0359. The molecule has 2 aliphatic rings. The van der Waals surface area contributed by atoms with Gasteiger partial charge >= 0.3 is 6.09 Å². The Morgan fingerprint density at radius 2 is 2.00 bits per heavy atom. The highest BCUT2D eigenvalue weighted by atomic mass is 19.3. The normalized spacial score (nSPS) is 20.5. The number of aliphatic hydroxyl groups excluding tert-OH is 1. The fraction of sp³-hybridized carbons (Fsp3) is 0.500. The van der Waals surface area contributed by atoms with E-state index in [1.165, 1.54) is 45.6 Å². The molecule has 1 saturated heterocycles. The molecule has 1 saturated carbocycles. The maximum atomic E-state index is 13.5. The molecule has 0 aromatic carbocycles. The average Bonchev–Trinajstić information content (AvgIpc) is 3.48. The number of aromatic nitrogens is 4. The van der Waals surface area contributed by atoms with Crippen molar-refractivity contribution in [1.29, 1.82) is 0 Å². The predicted molar refractivity (Wildman–Crippen MR) is 143 cm³/mol. The first-order valence-electron chi connectivity index (χ1n) is 13.0. The molecule has 13 nitrogen and oxygen atoms in total. The molecule has 3 aromatic rings. The molecule has 2 fully saturated rings. The Balaban J connectivity index is 1.53. The zero-order chi connectivity index (χ0) is 29.7.